The van der Waals surface area contributed by atoms with Crippen molar-refractivity contribution in [2.45, 2.75) is 6.92 Å². The Labute approximate surface area is 140 Å². The molecule has 0 atom stereocenters. The first-order chi connectivity index (χ1) is 11.6. The van der Waals surface area contributed by atoms with Crippen molar-refractivity contribution in [3.63, 3.8) is 0 Å². The lowest BCUT2D eigenvalue weighted by Crippen LogP contribution is -2.04. The summed E-state index contributed by atoms with van der Waals surface area (Å²) in [6.07, 6.45) is 3.75. The molecule has 0 spiro atoms. The van der Waals surface area contributed by atoms with Crippen LogP contribution in [-0.2, 0) is 0 Å². The molecule has 0 saturated carbocycles. The molecule has 0 aromatic heterocycles. The van der Waals surface area contributed by atoms with Crippen molar-refractivity contribution in [2.24, 2.45) is 0 Å². The molecule has 3 aromatic carbocycles. The Bertz CT molecular complexity index is 939. The van der Waals surface area contributed by atoms with Gasteiger partial charge in [-0.15, -0.1) is 0 Å². The molecule has 1 N–H and O–H groups in total. The van der Waals surface area contributed by atoms with Crippen LogP contribution in [0.3, 0.4) is 0 Å². The van der Waals surface area contributed by atoms with Crippen molar-refractivity contribution in [1.29, 1.82) is 0 Å². The molecule has 3 rings (SSSR count). The zero-order valence-corrected chi connectivity index (χ0v) is 13.6. The highest BCUT2D eigenvalue weighted by Crippen LogP contribution is 2.26. The Kier molecular flexibility index (Phi) is 4.34. The summed E-state index contributed by atoms with van der Waals surface area (Å²) in [5, 5.41) is 11.8. The number of aryl methyl sites for hydroxylation is 1. The minimum Gasteiger partial charge on any atom is -0.496 e. The van der Waals surface area contributed by atoms with Crippen LogP contribution in [0, 0.1) is 6.92 Å². The summed E-state index contributed by atoms with van der Waals surface area (Å²) in [6.45, 7) is 1.92. The van der Waals surface area contributed by atoms with Gasteiger partial charge in [0.25, 0.3) is 0 Å². The third-order valence-corrected chi connectivity index (χ3v) is 3.94. The van der Waals surface area contributed by atoms with E-state index in [1.54, 1.807) is 6.07 Å². The Hall–Kier alpha value is -3.07. The predicted molar refractivity (Wildman–Crippen MR) is 97.6 cm³/mol. The van der Waals surface area contributed by atoms with Gasteiger partial charge in [-0.25, -0.2) is 4.79 Å². The number of methoxy groups -OCH3 is 1. The van der Waals surface area contributed by atoms with Gasteiger partial charge in [0, 0.05) is 0 Å². The van der Waals surface area contributed by atoms with E-state index in [4.69, 9.17) is 4.74 Å². The van der Waals surface area contributed by atoms with Gasteiger partial charge >= 0.3 is 5.97 Å². The number of ether oxygens (including phenoxy) is 1. The van der Waals surface area contributed by atoms with Crippen LogP contribution < -0.4 is 4.74 Å². The number of benzene rings is 3. The fraction of sp³-hybridized carbons (Fsp3) is 0.0952. The molecule has 3 aromatic rings. The smallest absolute Gasteiger partial charge is 0.340 e. The minimum atomic E-state index is -0.995. The molecule has 0 aliphatic rings. The third-order valence-electron chi connectivity index (χ3n) is 3.94. The van der Waals surface area contributed by atoms with Crippen molar-refractivity contribution in [1.82, 2.24) is 0 Å². The quantitative estimate of drug-likeness (QED) is 0.687. The molecular formula is C21H18O3. The molecule has 0 saturated heterocycles. The summed E-state index contributed by atoms with van der Waals surface area (Å²) in [5.41, 5.74) is 2.79. The van der Waals surface area contributed by atoms with Gasteiger partial charge in [0.05, 0.1) is 7.11 Å². The lowest BCUT2D eigenvalue weighted by atomic mass is 10.0. The van der Waals surface area contributed by atoms with E-state index in [2.05, 4.69) is 24.3 Å². The van der Waals surface area contributed by atoms with E-state index in [0.717, 1.165) is 16.5 Å². The van der Waals surface area contributed by atoms with Crippen LogP contribution in [0.1, 0.15) is 27.0 Å². The number of carboxylic acids is 1. The molecule has 24 heavy (non-hydrogen) atoms. The number of fused-ring (bicyclic) bond motifs is 1. The summed E-state index contributed by atoms with van der Waals surface area (Å²) >= 11 is 0. The van der Waals surface area contributed by atoms with Gasteiger partial charge in [-0.1, -0.05) is 54.6 Å². The van der Waals surface area contributed by atoms with Crippen LogP contribution in [0.5, 0.6) is 5.75 Å². The largest absolute Gasteiger partial charge is 0.496 e. The van der Waals surface area contributed by atoms with E-state index in [9.17, 15) is 9.90 Å². The summed E-state index contributed by atoms with van der Waals surface area (Å²) in [6, 6.07) is 17.9. The van der Waals surface area contributed by atoms with Crippen molar-refractivity contribution < 1.29 is 14.6 Å². The first-order valence-electron chi connectivity index (χ1n) is 7.67. The zero-order valence-electron chi connectivity index (χ0n) is 13.6. The number of carboxylic acid groups (broad SMARTS) is 1. The number of rotatable bonds is 4. The average molecular weight is 318 g/mol. The Morgan fingerprint density at radius 3 is 2.46 bits per heavy atom. The van der Waals surface area contributed by atoms with Crippen LogP contribution in [0.15, 0.2) is 54.6 Å². The van der Waals surface area contributed by atoms with E-state index >= 15 is 0 Å². The fourth-order valence-electron chi connectivity index (χ4n) is 2.80. The van der Waals surface area contributed by atoms with Gasteiger partial charge in [-0.2, -0.15) is 0 Å². The monoisotopic (exact) mass is 318 g/mol. The molecule has 3 heteroatoms. The Morgan fingerprint density at radius 2 is 1.75 bits per heavy atom. The second-order valence-corrected chi connectivity index (χ2v) is 5.68. The highest BCUT2D eigenvalue weighted by atomic mass is 16.5. The van der Waals surface area contributed by atoms with Crippen molar-refractivity contribution in [2.75, 3.05) is 7.11 Å². The molecule has 0 amide bonds. The maximum absolute atomic E-state index is 11.6. The highest BCUT2D eigenvalue weighted by molar-refractivity contribution is 5.97. The van der Waals surface area contributed by atoms with Crippen LogP contribution in [-0.4, -0.2) is 18.2 Å². The highest BCUT2D eigenvalue weighted by Gasteiger charge is 2.15. The topological polar surface area (TPSA) is 46.5 Å². The molecule has 120 valence electrons. The molecular weight excluding hydrogens is 300 g/mol. The van der Waals surface area contributed by atoms with Crippen LogP contribution >= 0.6 is 0 Å². The summed E-state index contributed by atoms with van der Waals surface area (Å²) < 4.78 is 5.22. The Morgan fingerprint density at radius 1 is 1.00 bits per heavy atom. The van der Waals surface area contributed by atoms with Crippen molar-refractivity contribution in [3.8, 4) is 5.75 Å². The van der Waals surface area contributed by atoms with E-state index in [-0.39, 0.29) is 5.56 Å². The van der Waals surface area contributed by atoms with Gasteiger partial charge in [0.2, 0.25) is 0 Å². The first kappa shape index (κ1) is 15.8. The lowest BCUT2D eigenvalue weighted by molar-refractivity contribution is 0.0693. The minimum absolute atomic E-state index is 0.181. The van der Waals surface area contributed by atoms with Gasteiger partial charge in [-0.05, 0) is 46.5 Å². The van der Waals surface area contributed by atoms with Crippen LogP contribution in [0.2, 0.25) is 0 Å². The van der Waals surface area contributed by atoms with Crippen LogP contribution in [0.4, 0.5) is 0 Å². The molecule has 0 unspecified atom stereocenters. The summed E-state index contributed by atoms with van der Waals surface area (Å²) in [5.74, 6) is -0.620. The lowest BCUT2D eigenvalue weighted by Gasteiger charge is -2.09. The molecule has 0 bridgehead atoms. The standard InChI is InChI=1S/C21H18O3/c1-14-11-18(20(21(22)23)19(12-14)24-2)10-8-15-7-9-16-5-3-4-6-17(16)13-15/h3-13H,1-2H3,(H,22,23). The number of aromatic carboxylic acids is 1. The van der Waals surface area contributed by atoms with Gasteiger partial charge in [0.1, 0.15) is 11.3 Å². The second kappa shape index (κ2) is 6.59. The summed E-state index contributed by atoms with van der Waals surface area (Å²) in [4.78, 5) is 11.6. The normalized spacial score (nSPS) is 11.1. The maximum atomic E-state index is 11.6. The summed E-state index contributed by atoms with van der Waals surface area (Å²) in [7, 11) is 1.48. The van der Waals surface area contributed by atoms with Crippen molar-refractivity contribution >= 4 is 28.9 Å². The van der Waals surface area contributed by atoms with Crippen molar-refractivity contribution in [3.05, 3.63) is 76.9 Å². The fourth-order valence-corrected chi connectivity index (χ4v) is 2.80. The maximum Gasteiger partial charge on any atom is 0.340 e. The van der Waals surface area contributed by atoms with E-state index in [1.807, 2.05) is 43.3 Å². The Balaban J connectivity index is 2.04. The zero-order chi connectivity index (χ0) is 17.1. The number of carbonyl (C=O) groups is 1. The second-order valence-electron chi connectivity index (χ2n) is 5.68. The molecule has 0 radical (unpaired) electrons. The van der Waals surface area contributed by atoms with E-state index in [1.165, 1.54) is 12.5 Å². The van der Waals surface area contributed by atoms with Gasteiger partial charge < -0.3 is 9.84 Å². The average Bonchev–Trinajstić information content (AvgIpc) is 2.58. The predicted octanol–water partition coefficient (Wildman–Crippen LogP) is 5.03. The van der Waals surface area contributed by atoms with Crippen LogP contribution in [0.25, 0.3) is 22.9 Å². The molecule has 0 aliphatic carbocycles. The SMILES string of the molecule is COc1cc(C)cc(C=Cc2ccc3ccccc3c2)c1C(=O)O. The van der Waals surface area contributed by atoms with E-state index in [0.29, 0.717) is 11.3 Å². The third kappa shape index (κ3) is 3.15. The molecule has 0 aliphatic heterocycles. The van der Waals surface area contributed by atoms with Gasteiger partial charge in [0.15, 0.2) is 0 Å². The molecule has 0 fully saturated rings. The molecule has 3 nitrogen and oxygen atoms in total. The number of hydrogen-bond acceptors (Lipinski definition) is 2. The van der Waals surface area contributed by atoms with Gasteiger partial charge in [-0.3, -0.25) is 0 Å². The van der Waals surface area contributed by atoms with E-state index < -0.39 is 5.97 Å². The molecule has 0 heterocycles. The first-order valence-corrected chi connectivity index (χ1v) is 7.67. The number of hydrogen-bond donors (Lipinski definition) is 1.